The number of rotatable bonds is 7. The first kappa shape index (κ1) is 28.8. The maximum Gasteiger partial charge on any atom is 0.272 e. The first-order chi connectivity index (χ1) is 21.3. The van der Waals surface area contributed by atoms with Gasteiger partial charge in [0.25, 0.3) is 11.8 Å². The number of para-hydroxylation sites is 1. The quantitative estimate of drug-likeness (QED) is 0.218. The lowest BCUT2D eigenvalue weighted by molar-refractivity contribution is -0.142. The highest BCUT2D eigenvalue weighted by Crippen LogP contribution is 2.38. The van der Waals surface area contributed by atoms with Crippen molar-refractivity contribution in [3.63, 3.8) is 0 Å². The van der Waals surface area contributed by atoms with Crippen molar-refractivity contribution in [3.8, 4) is 28.8 Å². The summed E-state index contributed by atoms with van der Waals surface area (Å²) in [6, 6.07) is 26.9. The minimum atomic E-state index is -3.42. The Labute approximate surface area is 255 Å². The molecule has 1 aromatic heterocycles. The maximum absolute atomic E-state index is 14.3. The van der Waals surface area contributed by atoms with Gasteiger partial charge in [-0.2, -0.15) is 10.4 Å². The summed E-state index contributed by atoms with van der Waals surface area (Å²) in [6.45, 7) is 2.43. The molecule has 3 heterocycles. The molecule has 2 aliphatic heterocycles. The normalized spacial score (nSPS) is 19.0. The van der Waals surface area contributed by atoms with Crippen LogP contribution in [0, 0.1) is 11.3 Å². The molecule has 1 unspecified atom stereocenters. The van der Waals surface area contributed by atoms with Gasteiger partial charge in [0.2, 0.25) is 0 Å². The molecule has 44 heavy (non-hydrogen) atoms. The summed E-state index contributed by atoms with van der Waals surface area (Å²) >= 11 is 0. The maximum atomic E-state index is 14.3. The number of nitrogens with zero attached hydrogens (tertiary/aromatic N) is 4. The van der Waals surface area contributed by atoms with Gasteiger partial charge in [-0.1, -0.05) is 48.5 Å². The van der Waals surface area contributed by atoms with E-state index in [1.54, 1.807) is 47.3 Å². The van der Waals surface area contributed by atoms with Gasteiger partial charge in [0, 0.05) is 22.9 Å². The molecular formula is C34H28N4O5S. The standard InChI is InChI=1S/C34H28N4O5S/c1-2-43-28-15-13-24(14-16-28)32-25(21-37(36-32)26-11-7-4-8-12-26)19-29-31(23-9-5-3-6-10-23)30(20-35)34(40)38(33(29)39)27-17-18-44(41,42)22-27/h3-16,19,21,27H,2,17-18,22H2,1H3/b29-19-. The van der Waals surface area contributed by atoms with Gasteiger partial charge in [-0.15, -0.1) is 0 Å². The van der Waals surface area contributed by atoms with Crippen LogP contribution < -0.4 is 4.74 Å². The first-order valence-electron chi connectivity index (χ1n) is 14.2. The Morgan fingerprint density at radius 2 is 1.64 bits per heavy atom. The second-order valence-corrected chi connectivity index (χ2v) is 12.7. The molecule has 0 saturated carbocycles. The van der Waals surface area contributed by atoms with Crippen LogP contribution in [0.15, 0.2) is 102 Å². The van der Waals surface area contributed by atoms with Crippen LogP contribution in [0.1, 0.15) is 24.5 Å². The van der Waals surface area contributed by atoms with E-state index in [9.17, 15) is 23.3 Å². The summed E-state index contributed by atoms with van der Waals surface area (Å²) < 4.78 is 32.0. The summed E-state index contributed by atoms with van der Waals surface area (Å²) in [5.41, 5.74) is 3.30. The molecule has 3 aromatic carbocycles. The van der Waals surface area contributed by atoms with Gasteiger partial charge >= 0.3 is 0 Å². The van der Waals surface area contributed by atoms with E-state index in [1.807, 2.05) is 67.6 Å². The van der Waals surface area contributed by atoms with Crippen molar-refractivity contribution in [1.82, 2.24) is 14.7 Å². The molecule has 1 saturated heterocycles. The number of sulfone groups is 1. The molecule has 4 aromatic rings. The molecule has 10 heteroatoms. The predicted molar refractivity (Wildman–Crippen MR) is 166 cm³/mol. The second kappa shape index (κ2) is 11.8. The molecule has 0 N–H and O–H groups in total. The van der Waals surface area contributed by atoms with Gasteiger partial charge in [-0.25, -0.2) is 13.1 Å². The lowest BCUT2D eigenvalue weighted by Gasteiger charge is -2.32. The lowest BCUT2D eigenvalue weighted by atomic mass is 9.86. The first-order valence-corrected chi connectivity index (χ1v) is 16.0. The van der Waals surface area contributed by atoms with E-state index in [4.69, 9.17) is 9.84 Å². The minimum Gasteiger partial charge on any atom is -0.494 e. The Kier molecular flexibility index (Phi) is 7.72. The molecule has 1 fully saturated rings. The molecule has 0 spiro atoms. The van der Waals surface area contributed by atoms with Crippen LogP contribution in [0.25, 0.3) is 28.6 Å². The highest BCUT2D eigenvalue weighted by Gasteiger charge is 2.45. The Hall–Kier alpha value is -5.27. The topological polar surface area (TPSA) is 122 Å². The summed E-state index contributed by atoms with van der Waals surface area (Å²) in [7, 11) is -3.42. The molecule has 0 radical (unpaired) electrons. The van der Waals surface area contributed by atoms with E-state index < -0.39 is 27.7 Å². The van der Waals surface area contributed by atoms with Gasteiger partial charge in [-0.05, 0) is 61.4 Å². The molecule has 1 atom stereocenters. The van der Waals surface area contributed by atoms with Crippen LogP contribution >= 0.6 is 0 Å². The molecule has 2 amide bonds. The molecule has 0 bridgehead atoms. The van der Waals surface area contributed by atoms with Gasteiger partial charge in [0.15, 0.2) is 9.84 Å². The van der Waals surface area contributed by atoms with E-state index in [-0.39, 0.29) is 34.6 Å². The number of nitriles is 1. The number of imide groups is 1. The number of ether oxygens (including phenoxy) is 1. The summed E-state index contributed by atoms with van der Waals surface area (Å²) in [4.78, 5) is 28.9. The lowest BCUT2D eigenvalue weighted by Crippen LogP contribution is -2.49. The van der Waals surface area contributed by atoms with E-state index in [1.165, 1.54) is 0 Å². The van der Waals surface area contributed by atoms with E-state index in [0.29, 0.717) is 29.2 Å². The fourth-order valence-corrected chi connectivity index (χ4v) is 7.31. The number of carbonyl (C=O) groups is 2. The minimum absolute atomic E-state index is 0.108. The number of aromatic nitrogens is 2. The van der Waals surface area contributed by atoms with Crippen molar-refractivity contribution in [2.24, 2.45) is 0 Å². The fourth-order valence-electron chi connectivity index (χ4n) is 5.61. The number of hydrogen-bond donors (Lipinski definition) is 0. The largest absolute Gasteiger partial charge is 0.494 e. The molecule has 220 valence electrons. The summed E-state index contributed by atoms with van der Waals surface area (Å²) in [5, 5.41) is 15.1. The SMILES string of the molecule is CCOc1ccc(-c2nn(-c3ccccc3)cc2/C=C2\C(=O)N(C3CCS(=O)(=O)C3)C(=O)C(C#N)=C2c2ccccc2)cc1. The van der Waals surface area contributed by atoms with Crippen molar-refractivity contribution in [2.75, 3.05) is 18.1 Å². The monoisotopic (exact) mass is 604 g/mol. The molecule has 9 nitrogen and oxygen atoms in total. The van der Waals surface area contributed by atoms with Gasteiger partial charge < -0.3 is 4.74 Å². The molecule has 6 rings (SSSR count). The van der Waals surface area contributed by atoms with Crippen LogP contribution in [0.2, 0.25) is 0 Å². The van der Waals surface area contributed by atoms with Crippen LogP contribution in [0.4, 0.5) is 0 Å². The van der Waals surface area contributed by atoms with E-state index in [2.05, 4.69) is 0 Å². The Morgan fingerprint density at radius 1 is 0.955 bits per heavy atom. The smallest absolute Gasteiger partial charge is 0.272 e. The molecular weight excluding hydrogens is 576 g/mol. The summed E-state index contributed by atoms with van der Waals surface area (Å²) in [5.74, 6) is -1.20. The van der Waals surface area contributed by atoms with Crippen molar-refractivity contribution in [3.05, 3.63) is 113 Å². The average Bonchev–Trinajstić information content (AvgIpc) is 3.62. The van der Waals surface area contributed by atoms with Crippen molar-refractivity contribution in [2.45, 2.75) is 19.4 Å². The number of hydrogen-bond acceptors (Lipinski definition) is 7. The van der Waals surface area contributed by atoms with Gasteiger partial charge in [-0.3, -0.25) is 14.5 Å². The van der Waals surface area contributed by atoms with Gasteiger partial charge in [0.1, 0.15) is 17.4 Å². The Balaban J connectivity index is 1.57. The third-order valence-corrected chi connectivity index (χ3v) is 9.40. The van der Waals surface area contributed by atoms with Crippen molar-refractivity contribution < 1.29 is 22.7 Å². The van der Waals surface area contributed by atoms with Gasteiger partial charge in [0.05, 0.1) is 41.1 Å². The highest BCUT2D eigenvalue weighted by atomic mass is 32.2. The number of amides is 2. The zero-order valence-corrected chi connectivity index (χ0v) is 24.7. The third kappa shape index (κ3) is 5.45. The fraction of sp³-hybridized carbons (Fsp3) is 0.176. The number of carbonyl (C=O) groups excluding carboxylic acids is 2. The second-order valence-electron chi connectivity index (χ2n) is 10.5. The van der Waals surface area contributed by atoms with Crippen LogP contribution in [-0.2, 0) is 19.4 Å². The average molecular weight is 605 g/mol. The van der Waals surface area contributed by atoms with Crippen molar-refractivity contribution in [1.29, 1.82) is 5.26 Å². The Bertz CT molecular complexity index is 1960. The van der Waals surface area contributed by atoms with Crippen molar-refractivity contribution >= 4 is 33.3 Å². The van der Waals surface area contributed by atoms with E-state index >= 15 is 0 Å². The zero-order valence-electron chi connectivity index (χ0n) is 23.9. The molecule has 2 aliphatic rings. The highest BCUT2D eigenvalue weighted by molar-refractivity contribution is 7.91. The summed E-state index contributed by atoms with van der Waals surface area (Å²) in [6.07, 6.45) is 3.55. The third-order valence-electron chi connectivity index (χ3n) is 7.65. The predicted octanol–water partition coefficient (Wildman–Crippen LogP) is 4.85. The van der Waals surface area contributed by atoms with Crippen LogP contribution in [0.3, 0.4) is 0 Å². The Morgan fingerprint density at radius 3 is 2.25 bits per heavy atom. The zero-order chi connectivity index (χ0) is 30.8. The molecule has 0 aliphatic carbocycles. The van der Waals surface area contributed by atoms with E-state index in [0.717, 1.165) is 16.2 Å². The number of benzene rings is 3. The van der Waals surface area contributed by atoms with Crippen LogP contribution in [-0.4, -0.2) is 59.1 Å². The van der Waals surface area contributed by atoms with Crippen LogP contribution in [0.5, 0.6) is 5.75 Å².